The minimum absolute atomic E-state index is 0.184. The zero-order valence-electron chi connectivity index (χ0n) is 11.4. The summed E-state index contributed by atoms with van der Waals surface area (Å²) >= 11 is 0. The summed E-state index contributed by atoms with van der Waals surface area (Å²) in [4.78, 5) is 12.1. The molecular weight excluding hydrogens is 236 g/mol. The van der Waals surface area contributed by atoms with E-state index >= 15 is 0 Å². The first kappa shape index (κ1) is 12.5. The molecule has 1 fully saturated rings. The van der Waals surface area contributed by atoms with Crippen LogP contribution in [0.5, 0.6) is 0 Å². The maximum Gasteiger partial charge on any atom is 0.238 e. The molecule has 19 heavy (non-hydrogen) atoms. The predicted octanol–water partition coefficient (Wildman–Crippen LogP) is 3.05. The van der Waals surface area contributed by atoms with E-state index in [1.165, 1.54) is 43.4 Å². The molecule has 1 saturated carbocycles. The van der Waals surface area contributed by atoms with Gasteiger partial charge in [0.2, 0.25) is 5.91 Å². The Morgan fingerprint density at radius 3 is 2.84 bits per heavy atom. The van der Waals surface area contributed by atoms with Crippen molar-refractivity contribution >= 4 is 11.6 Å². The van der Waals surface area contributed by atoms with Crippen LogP contribution in [-0.2, 0) is 11.2 Å². The summed E-state index contributed by atoms with van der Waals surface area (Å²) in [5, 5.41) is 2.01. The van der Waals surface area contributed by atoms with Gasteiger partial charge >= 0.3 is 0 Å². The average molecular weight is 258 g/mol. The SMILES string of the molecule is O=C(CC1CCCCC1)NN1CCc2ccccc21. The topological polar surface area (TPSA) is 32.3 Å². The predicted molar refractivity (Wildman–Crippen MR) is 76.8 cm³/mol. The fraction of sp³-hybridized carbons (Fsp3) is 0.562. The van der Waals surface area contributed by atoms with E-state index in [2.05, 4.69) is 23.6 Å². The molecule has 0 saturated heterocycles. The summed E-state index contributed by atoms with van der Waals surface area (Å²) in [5.41, 5.74) is 5.58. The molecule has 0 unspecified atom stereocenters. The molecule has 0 atom stereocenters. The highest BCUT2D eigenvalue weighted by atomic mass is 16.2. The van der Waals surface area contributed by atoms with Crippen LogP contribution in [0.2, 0.25) is 0 Å². The summed E-state index contributed by atoms with van der Waals surface area (Å²) in [6.45, 7) is 0.899. The van der Waals surface area contributed by atoms with E-state index < -0.39 is 0 Å². The van der Waals surface area contributed by atoms with Gasteiger partial charge in [-0.25, -0.2) is 0 Å². The molecule has 1 amide bonds. The third kappa shape index (κ3) is 2.91. The van der Waals surface area contributed by atoms with E-state index in [-0.39, 0.29) is 5.91 Å². The van der Waals surface area contributed by atoms with Crippen molar-refractivity contribution in [3.8, 4) is 0 Å². The standard InChI is InChI=1S/C16H22N2O/c19-16(12-13-6-2-1-3-7-13)17-18-11-10-14-8-4-5-9-15(14)18/h4-5,8-9,13H,1-3,6-7,10-12H2,(H,17,19). The van der Waals surface area contributed by atoms with Gasteiger partial charge in [-0.3, -0.25) is 15.2 Å². The number of carbonyl (C=O) groups is 1. The first-order chi connectivity index (χ1) is 9.33. The van der Waals surface area contributed by atoms with Crippen LogP contribution in [-0.4, -0.2) is 12.5 Å². The van der Waals surface area contributed by atoms with Crippen molar-refractivity contribution in [1.82, 2.24) is 5.43 Å². The summed E-state index contributed by atoms with van der Waals surface area (Å²) < 4.78 is 0. The van der Waals surface area contributed by atoms with Crippen LogP contribution in [0.4, 0.5) is 5.69 Å². The average Bonchev–Trinajstić information content (AvgIpc) is 2.83. The summed E-state index contributed by atoms with van der Waals surface area (Å²) in [5.74, 6) is 0.787. The summed E-state index contributed by atoms with van der Waals surface area (Å²) in [6, 6.07) is 8.32. The van der Waals surface area contributed by atoms with Gasteiger partial charge in [-0.05, 0) is 36.8 Å². The Kier molecular flexibility index (Phi) is 3.72. The number of para-hydroxylation sites is 1. The maximum absolute atomic E-state index is 12.1. The Balaban J connectivity index is 1.55. The molecule has 0 aromatic heterocycles. The minimum atomic E-state index is 0.184. The second-order valence-corrected chi connectivity index (χ2v) is 5.77. The van der Waals surface area contributed by atoms with Crippen molar-refractivity contribution in [3.63, 3.8) is 0 Å². The Labute approximate surface area is 115 Å². The van der Waals surface area contributed by atoms with Crippen molar-refractivity contribution in [2.75, 3.05) is 11.6 Å². The van der Waals surface area contributed by atoms with Gasteiger partial charge in [0.15, 0.2) is 0 Å². The molecule has 1 aromatic rings. The number of hydrogen-bond acceptors (Lipinski definition) is 2. The van der Waals surface area contributed by atoms with Crippen LogP contribution in [0, 0.1) is 5.92 Å². The van der Waals surface area contributed by atoms with E-state index in [9.17, 15) is 4.79 Å². The number of anilines is 1. The number of fused-ring (bicyclic) bond motifs is 1. The van der Waals surface area contributed by atoms with E-state index in [4.69, 9.17) is 0 Å². The lowest BCUT2D eigenvalue weighted by Gasteiger charge is -2.24. The minimum Gasteiger partial charge on any atom is -0.285 e. The second-order valence-electron chi connectivity index (χ2n) is 5.77. The van der Waals surface area contributed by atoms with Crippen LogP contribution in [0.25, 0.3) is 0 Å². The molecule has 1 aliphatic carbocycles. The molecule has 102 valence electrons. The molecule has 1 aromatic carbocycles. The monoisotopic (exact) mass is 258 g/mol. The highest BCUT2D eigenvalue weighted by Crippen LogP contribution is 2.28. The molecule has 3 heteroatoms. The normalized spacial score (nSPS) is 19.3. The lowest BCUT2D eigenvalue weighted by atomic mass is 9.87. The van der Waals surface area contributed by atoms with Gasteiger partial charge in [0.1, 0.15) is 0 Å². The number of nitrogens with one attached hydrogen (secondary N) is 1. The molecule has 1 heterocycles. The van der Waals surface area contributed by atoms with Gasteiger partial charge in [-0.2, -0.15) is 0 Å². The van der Waals surface area contributed by atoms with Crippen LogP contribution in [0.1, 0.15) is 44.1 Å². The highest BCUT2D eigenvalue weighted by molar-refractivity contribution is 5.79. The number of nitrogens with zero attached hydrogens (tertiary/aromatic N) is 1. The van der Waals surface area contributed by atoms with Gasteiger partial charge in [-0.1, -0.05) is 37.5 Å². The smallest absolute Gasteiger partial charge is 0.238 e. The molecule has 3 nitrogen and oxygen atoms in total. The van der Waals surface area contributed by atoms with Gasteiger partial charge in [0.25, 0.3) is 0 Å². The largest absolute Gasteiger partial charge is 0.285 e. The Morgan fingerprint density at radius 2 is 2.00 bits per heavy atom. The van der Waals surface area contributed by atoms with Crippen molar-refractivity contribution in [2.45, 2.75) is 44.9 Å². The maximum atomic E-state index is 12.1. The molecule has 0 spiro atoms. The van der Waals surface area contributed by atoms with Crippen molar-refractivity contribution in [3.05, 3.63) is 29.8 Å². The number of amides is 1. The quantitative estimate of drug-likeness (QED) is 0.903. The van der Waals surface area contributed by atoms with Gasteiger partial charge in [-0.15, -0.1) is 0 Å². The van der Waals surface area contributed by atoms with Gasteiger partial charge < -0.3 is 0 Å². The zero-order chi connectivity index (χ0) is 13.1. The molecule has 0 radical (unpaired) electrons. The van der Waals surface area contributed by atoms with E-state index in [0.717, 1.165) is 13.0 Å². The first-order valence-electron chi connectivity index (χ1n) is 7.48. The summed E-state index contributed by atoms with van der Waals surface area (Å²) in [6.07, 6.45) is 8.11. The number of benzene rings is 1. The number of rotatable bonds is 3. The Bertz CT molecular complexity index is 452. The lowest BCUT2D eigenvalue weighted by Crippen LogP contribution is -2.41. The Hall–Kier alpha value is -1.51. The van der Waals surface area contributed by atoms with Crippen molar-refractivity contribution in [1.29, 1.82) is 0 Å². The third-order valence-corrected chi connectivity index (χ3v) is 4.35. The Morgan fingerprint density at radius 1 is 1.21 bits per heavy atom. The molecule has 1 aliphatic heterocycles. The fourth-order valence-corrected chi connectivity index (χ4v) is 3.30. The number of hydrogen-bond donors (Lipinski definition) is 1. The van der Waals surface area contributed by atoms with E-state index in [0.29, 0.717) is 12.3 Å². The molecular formula is C16H22N2O. The van der Waals surface area contributed by atoms with E-state index in [1.807, 2.05) is 11.1 Å². The van der Waals surface area contributed by atoms with Crippen LogP contribution in [0.15, 0.2) is 24.3 Å². The third-order valence-electron chi connectivity index (χ3n) is 4.35. The van der Waals surface area contributed by atoms with Crippen LogP contribution < -0.4 is 10.4 Å². The lowest BCUT2D eigenvalue weighted by molar-refractivity contribution is -0.122. The molecule has 2 aliphatic rings. The van der Waals surface area contributed by atoms with Crippen molar-refractivity contribution in [2.24, 2.45) is 5.92 Å². The first-order valence-corrected chi connectivity index (χ1v) is 7.48. The van der Waals surface area contributed by atoms with Gasteiger partial charge in [0.05, 0.1) is 5.69 Å². The highest BCUT2D eigenvalue weighted by Gasteiger charge is 2.22. The molecule has 3 rings (SSSR count). The number of hydrazine groups is 1. The second kappa shape index (κ2) is 5.64. The van der Waals surface area contributed by atoms with E-state index in [1.54, 1.807) is 0 Å². The number of carbonyl (C=O) groups excluding carboxylic acids is 1. The molecule has 1 N–H and O–H groups in total. The van der Waals surface area contributed by atoms with Crippen molar-refractivity contribution < 1.29 is 4.79 Å². The fourth-order valence-electron chi connectivity index (χ4n) is 3.30. The summed E-state index contributed by atoms with van der Waals surface area (Å²) in [7, 11) is 0. The van der Waals surface area contributed by atoms with Crippen LogP contribution in [0.3, 0.4) is 0 Å². The zero-order valence-corrected chi connectivity index (χ0v) is 11.4. The van der Waals surface area contributed by atoms with Gasteiger partial charge in [0, 0.05) is 13.0 Å². The molecule has 0 bridgehead atoms. The van der Waals surface area contributed by atoms with Crippen LogP contribution >= 0.6 is 0 Å².